The van der Waals surface area contributed by atoms with E-state index in [0.29, 0.717) is 36.1 Å². The molecule has 41 heavy (non-hydrogen) atoms. The largest absolute Gasteiger partial charge is 0.466 e. The van der Waals surface area contributed by atoms with Crippen LogP contribution in [0.25, 0.3) is 11.2 Å². The van der Waals surface area contributed by atoms with Crippen LogP contribution < -0.4 is 5.32 Å². The van der Waals surface area contributed by atoms with Gasteiger partial charge in [-0.15, -0.1) is 0 Å². The number of hydrogen-bond acceptors (Lipinski definition) is 6. The molecule has 0 aromatic carbocycles. The number of hydrogen-bond donors (Lipinski definition) is 1. The molecule has 6 rings (SSSR count). The van der Waals surface area contributed by atoms with Gasteiger partial charge in [0.05, 0.1) is 60.1 Å². The predicted molar refractivity (Wildman–Crippen MR) is 154 cm³/mol. The van der Waals surface area contributed by atoms with Gasteiger partial charge in [-0.2, -0.15) is 5.10 Å². The van der Waals surface area contributed by atoms with E-state index in [1.807, 2.05) is 43.6 Å². The highest BCUT2D eigenvalue weighted by molar-refractivity contribution is 6.30. The van der Waals surface area contributed by atoms with Crippen molar-refractivity contribution in [1.29, 1.82) is 0 Å². The number of carbonyl (C=O) groups excluding carboxylic acids is 2. The lowest BCUT2D eigenvalue weighted by Gasteiger charge is -2.23. The summed E-state index contributed by atoms with van der Waals surface area (Å²) in [5.41, 5.74) is 5.26. The van der Waals surface area contributed by atoms with Crippen LogP contribution in [-0.4, -0.2) is 47.0 Å². The molecule has 1 aliphatic rings. The van der Waals surface area contributed by atoms with Gasteiger partial charge in [0.15, 0.2) is 0 Å². The third-order valence-electron chi connectivity index (χ3n) is 7.42. The SMILES string of the molecule is CCOC(=O)C(C)(C)Cc1cc(C2CC2)cn2cc(Cn3cc(C(=O)NCc4ncn5ccc(Cl)cc45)cn3)nc12. The molecule has 0 bridgehead atoms. The van der Waals surface area contributed by atoms with Gasteiger partial charge in [-0.25, -0.2) is 9.97 Å². The van der Waals surface area contributed by atoms with Gasteiger partial charge in [-0.3, -0.25) is 14.3 Å². The Morgan fingerprint density at radius 1 is 1.17 bits per heavy atom. The number of rotatable bonds is 10. The number of aromatic nitrogens is 6. The van der Waals surface area contributed by atoms with Crippen LogP contribution in [0.15, 0.2) is 55.5 Å². The minimum absolute atomic E-state index is 0.214. The molecule has 10 nitrogen and oxygen atoms in total. The maximum atomic E-state index is 12.9. The number of halogens is 1. The van der Waals surface area contributed by atoms with E-state index >= 15 is 0 Å². The summed E-state index contributed by atoms with van der Waals surface area (Å²) in [5.74, 6) is 0.0972. The third kappa shape index (κ3) is 5.69. The van der Waals surface area contributed by atoms with Crippen LogP contribution in [0.2, 0.25) is 5.02 Å². The molecule has 0 aliphatic heterocycles. The Morgan fingerprint density at radius 2 is 2.00 bits per heavy atom. The van der Waals surface area contributed by atoms with Crippen molar-refractivity contribution in [3.63, 3.8) is 0 Å². The van der Waals surface area contributed by atoms with Gasteiger partial charge < -0.3 is 18.9 Å². The standard InChI is InChI=1S/C30H32ClN7O3/c1-4-41-29(40)30(2,3)11-20-9-21(19-5-6-19)14-37-16-24(35-27(20)37)17-38-15-22(12-34-38)28(39)32-13-25-26-10-23(31)7-8-36(26)18-33-25/h7-10,12,14-16,18-19H,4-6,11,13,17H2,1-3H3,(H,32,39). The minimum Gasteiger partial charge on any atom is -0.466 e. The van der Waals surface area contributed by atoms with Gasteiger partial charge in [0.25, 0.3) is 5.91 Å². The van der Waals surface area contributed by atoms with Gasteiger partial charge in [0.1, 0.15) is 5.65 Å². The first-order valence-electron chi connectivity index (χ1n) is 13.8. The van der Waals surface area contributed by atoms with Crippen molar-refractivity contribution in [2.45, 2.75) is 59.0 Å². The Kier molecular flexibility index (Phi) is 7.03. The lowest BCUT2D eigenvalue weighted by Crippen LogP contribution is -2.29. The summed E-state index contributed by atoms with van der Waals surface area (Å²) >= 11 is 6.12. The van der Waals surface area contributed by atoms with Crippen molar-refractivity contribution < 1.29 is 14.3 Å². The Morgan fingerprint density at radius 3 is 2.78 bits per heavy atom. The molecule has 11 heteroatoms. The molecule has 0 atom stereocenters. The molecule has 1 saturated carbocycles. The second-order valence-corrected chi connectivity index (χ2v) is 11.7. The molecule has 0 spiro atoms. The van der Waals surface area contributed by atoms with Crippen LogP contribution in [0.5, 0.6) is 0 Å². The first kappa shape index (κ1) is 27.0. The minimum atomic E-state index is -0.676. The molecule has 5 heterocycles. The Labute approximate surface area is 242 Å². The van der Waals surface area contributed by atoms with Crippen molar-refractivity contribution in [2.24, 2.45) is 5.41 Å². The third-order valence-corrected chi connectivity index (χ3v) is 7.66. The average molecular weight is 574 g/mol. The molecule has 5 aromatic heterocycles. The molecule has 1 fully saturated rings. The van der Waals surface area contributed by atoms with Crippen LogP contribution in [0.4, 0.5) is 0 Å². The lowest BCUT2D eigenvalue weighted by atomic mass is 9.85. The zero-order valence-corrected chi connectivity index (χ0v) is 24.1. The highest BCUT2D eigenvalue weighted by Crippen LogP contribution is 2.41. The van der Waals surface area contributed by atoms with Crippen molar-refractivity contribution in [2.75, 3.05) is 6.61 Å². The van der Waals surface area contributed by atoms with Gasteiger partial charge in [0.2, 0.25) is 0 Å². The summed E-state index contributed by atoms with van der Waals surface area (Å²) in [5, 5.41) is 7.92. The summed E-state index contributed by atoms with van der Waals surface area (Å²) in [6.07, 6.45) is 13.8. The number of nitrogens with zero attached hydrogens (tertiary/aromatic N) is 6. The second-order valence-electron chi connectivity index (χ2n) is 11.3. The molecular formula is C30H32ClN7O3. The molecule has 1 amide bonds. The maximum Gasteiger partial charge on any atom is 0.311 e. The number of fused-ring (bicyclic) bond motifs is 2. The topological polar surface area (TPSA) is 108 Å². The Hall–Kier alpha value is -4.18. The number of ether oxygens (including phenoxy) is 1. The summed E-state index contributed by atoms with van der Waals surface area (Å²) in [7, 11) is 0. The molecule has 212 valence electrons. The van der Waals surface area contributed by atoms with Crippen molar-refractivity contribution >= 4 is 34.6 Å². The van der Waals surface area contributed by atoms with E-state index in [1.165, 1.54) is 18.4 Å². The number of esters is 1. The molecule has 5 aromatic rings. The quantitative estimate of drug-likeness (QED) is 0.240. The van der Waals surface area contributed by atoms with E-state index in [4.69, 9.17) is 21.3 Å². The van der Waals surface area contributed by atoms with E-state index in [1.54, 1.807) is 29.5 Å². The van der Waals surface area contributed by atoms with Gasteiger partial charge in [-0.05, 0) is 69.2 Å². The zero-order chi connectivity index (χ0) is 28.7. The number of nitrogens with one attached hydrogen (secondary N) is 1. The predicted octanol–water partition coefficient (Wildman–Crippen LogP) is 4.82. The smallest absolute Gasteiger partial charge is 0.311 e. The lowest BCUT2D eigenvalue weighted by molar-refractivity contribution is -0.153. The number of carbonyl (C=O) groups is 2. The summed E-state index contributed by atoms with van der Waals surface area (Å²) < 4.78 is 10.9. The average Bonchev–Trinajstić information content (AvgIpc) is 3.34. The van der Waals surface area contributed by atoms with E-state index in [9.17, 15) is 9.59 Å². The number of pyridine rings is 2. The van der Waals surface area contributed by atoms with E-state index in [2.05, 4.69) is 32.1 Å². The monoisotopic (exact) mass is 573 g/mol. The molecular weight excluding hydrogens is 542 g/mol. The Balaban J connectivity index is 1.18. The van der Waals surface area contributed by atoms with E-state index in [0.717, 1.165) is 28.1 Å². The van der Waals surface area contributed by atoms with Crippen LogP contribution in [0.1, 0.15) is 72.4 Å². The fourth-order valence-corrected chi connectivity index (χ4v) is 5.28. The van der Waals surface area contributed by atoms with Crippen molar-refractivity contribution in [3.8, 4) is 0 Å². The van der Waals surface area contributed by atoms with Gasteiger partial charge in [-0.1, -0.05) is 17.7 Å². The van der Waals surface area contributed by atoms with Crippen LogP contribution in [0.3, 0.4) is 0 Å². The highest BCUT2D eigenvalue weighted by Gasteiger charge is 2.32. The first-order chi connectivity index (χ1) is 19.7. The zero-order valence-electron chi connectivity index (χ0n) is 23.3. The summed E-state index contributed by atoms with van der Waals surface area (Å²) in [6.45, 7) is 6.67. The molecule has 1 aliphatic carbocycles. The fourth-order valence-electron chi connectivity index (χ4n) is 5.12. The second kappa shape index (κ2) is 10.7. The number of amides is 1. The van der Waals surface area contributed by atoms with Crippen LogP contribution in [0, 0.1) is 5.41 Å². The highest BCUT2D eigenvalue weighted by atomic mass is 35.5. The van der Waals surface area contributed by atoms with Crippen LogP contribution >= 0.6 is 11.6 Å². The van der Waals surface area contributed by atoms with E-state index in [-0.39, 0.29) is 18.4 Å². The fraction of sp³-hybridized carbons (Fsp3) is 0.367. The molecule has 0 radical (unpaired) electrons. The normalized spacial score (nSPS) is 13.7. The van der Waals surface area contributed by atoms with E-state index < -0.39 is 5.41 Å². The summed E-state index contributed by atoms with van der Waals surface area (Å²) in [6, 6.07) is 5.80. The first-order valence-corrected chi connectivity index (χ1v) is 14.2. The molecule has 0 saturated heterocycles. The van der Waals surface area contributed by atoms with Crippen LogP contribution in [-0.2, 0) is 29.0 Å². The van der Waals surface area contributed by atoms with Gasteiger partial charge in [0, 0.05) is 29.8 Å². The maximum absolute atomic E-state index is 12.9. The van der Waals surface area contributed by atoms with Crippen molar-refractivity contribution in [1.82, 2.24) is 33.9 Å². The van der Waals surface area contributed by atoms with Gasteiger partial charge >= 0.3 is 5.97 Å². The molecule has 0 unspecified atom stereocenters. The van der Waals surface area contributed by atoms with Crippen molar-refractivity contribution in [3.05, 3.63) is 88.6 Å². The number of imidazole rings is 2. The molecule has 1 N–H and O–H groups in total. The summed E-state index contributed by atoms with van der Waals surface area (Å²) in [4.78, 5) is 34.8. The Bertz CT molecular complexity index is 1760.